The molecule has 0 aliphatic carbocycles. The number of carbonyl (C=O) groups is 1. The van der Waals surface area contributed by atoms with E-state index in [4.69, 9.17) is 0 Å². The van der Waals surface area contributed by atoms with Crippen molar-refractivity contribution in [1.82, 2.24) is 10.2 Å². The molecule has 3 aromatic rings. The minimum atomic E-state index is -3.79. The van der Waals surface area contributed by atoms with Gasteiger partial charge in [-0.25, -0.2) is 12.8 Å². The standard InChI is InChI=1S/C22H22FN3O3S/c1-25(2)19(16-8-3-9-17(23)12-16)13-24-21(27)14-26-18-10-4-6-15-7-5-11-20(22(15)18)30(26,28)29/h3-12,19H,13-14H2,1-2H3,(H,24,27). The highest BCUT2D eigenvalue weighted by atomic mass is 32.2. The van der Waals surface area contributed by atoms with Crippen molar-refractivity contribution in [3.8, 4) is 0 Å². The van der Waals surface area contributed by atoms with Crippen molar-refractivity contribution < 1.29 is 17.6 Å². The first-order valence-electron chi connectivity index (χ1n) is 9.52. The summed E-state index contributed by atoms with van der Waals surface area (Å²) in [5.41, 5.74) is 1.24. The fraction of sp³-hybridized carbons (Fsp3) is 0.227. The van der Waals surface area contributed by atoms with Gasteiger partial charge < -0.3 is 10.2 Å². The van der Waals surface area contributed by atoms with E-state index in [0.717, 1.165) is 15.3 Å². The van der Waals surface area contributed by atoms with Gasteiger partial charge in [-0.2, -0.15) is 0 Å². The van der Waals surface area contributed by atoms with Crippen LogP contribution in [0.4, 0.5) is 10.1 Å². The third kappa shape index (κ3) is 3.53. The lowest BCUT2D eigenvalue weighted by Gasteiger charge is -2.26. The molecule has 1 N–H and O–H groups in total. The van der Waals surface area contributed by atoms with Crippen LogP contribution in [0.15, 0.2) is 65.6 Å². The lowest BCUT2D eigenvalue weighted by molar-refractivity contribution is -0.119. The van der Waals surface area contributed by atoms with Crippen LogP contribution in [0, 0.1) is 5.82 Å². The molecule has 4 rings (SSSR count). The molecule has 1 atom stereocenters. The normalized spacial score (nSPS) is 15.5. The summed E-state index contributed by atoms with van der Waals surface area (Å²) in [6, 6.07) is 16.4. The molecule has 1 amide bonds. The molecule has 0 saturated heterocycles. The molecular weight excluding hydrogens is 405 g/mol. The van der Waals surface area contributed by atoms with Gasteiger partial charge in [0.15, 0.2) is 0 Å². The Labute approximate surface area is 175 Å². The maximum absolute atomic E-state index is 13.6. The molecule has 0 bridgehead atoms. The first-order valence-corrected chi connectivity index (χ1v) is 11.0. The molecule has 0 saturated carbocycles. The van der Waals surface area contributed by atoms with Gasteiger partial charge in [-0.15, -0.1) is 0 Å². The zero-order valence-corrected chi connectivity index (χ0v) is 17.5. The number of likely N-dealkylation sites (N-methyl/N-ethyl adjacent to an activating group) is 1. The van der Waals surface area contributed by atoms with Gasteiger partial charge >= 0.3 is 0 Å². The fourth-order valence-corrected chi connectivity index (χ4v) is 5.50. The van der Waals surface area contributed by atoms with Crippen molar-refractivity contribution >= 4 is 32.4 Å². The molecule has 1 aliphatic heterocycles. The van der Waals surface area contributed by atoms with Crippen molar-refractivity contribution in [3.63, 3.8) is 0 Å². The zero-order chi connectivity index (χ0) is 21.5. The van der Waals surface area contributed by atoms with Gasteiger partial charge in [0.1, 0.15) is 12.4 Å². The second-order valence-electron chi connectivity index (χ2n) is 7.48. The van der Waals surface area contributed by atoms with Crippen LogP contribution in [0.5, 0.6) is 0 Å². The largest absolute Gasteiger partial charge is 0.353 e. The average Bonchev–Trinajstić information content (AvgIpc) is 2.91. The highest BCUT2D eigenvalue weighted by molar-refractivity contribution is 7.93. The maximum Gasteiger partial charge on any atom is 0.265 e. The average molecular weight is 428 g/mol. The minimum absolute atomic E-state index is 0.217. The van der Waals surface area contributed by atoms with Crippen LogP contribution >= 0.6 is 0 Å². The van der Waals surface area contributed by atoms with E-state index in [9.17, 15) is 17.6 Å². The number of rotatable bonds is 6. The van der Waals surface area contributed by atoms with Crippen molar-refractivity contribution in [2.24, 2.45) is 0 Å². The molecule has 6 nitrogen and oxygen atoms in total. The van der Waals surface area contributed by atoms with Crippen LogP contribution in [-0.2, 0) is 14.8 Å². The molecule has 30 heavy (non-hydrogen) atoms. The Balaban J connectivity index is 1.53. The third-order valence-electron chi connectivity index (χ3n) is 5.32. The molecule has 0 fully saturated rings. The minimum Gasteiger partial charge on any atom is -0.353 e. The highest BCUT2D eigenvalue weighted by Crippen LogP contribution is 2.41. The number of benzene rings is 3. The molecule has 1 aliphatic rings. The number of halogens is 1. The summed E-state index contributed by atoms with van der Waals surface area (Å²) in [6.45, 7) is -0.0975. The molecule has 156 valence electrons. The lowest BCUT2D eigenvalue weighted by Crippen LogP contribution is -2.42. The van der Waals surface area contributed by atoms with Gasteiger partial charge in [0, 0.05) is 11.9 Å². The molecule has 1 unspecified atom stereocenters. The molecule has 0 aromatic heterocycles. The Bertz CT molecular complexity index is 1220. The van der Waals surface area contributed by atoms with Gasteiger partial charge in [-0.3, -0.25) is 9.10 Å². The van der Waals surface area contributed by atoms with Gasteiger partial charge in [-0.05, 0) is 49.3 Å². The second-order valence-corrected chi connectivity index (χ2v) is 9.31. The number of anilines is 1. The predicted molar refractivity (Wildman–Crippen MR) is 114 cm³/mol. The van der Waals surface area contributed by atoms with E-state index in [2.05, 4.69) is 5.32 Å². The Morgan fingerprint density at radius 1 is 1.10 bits per heavy atom. The molecule has 1 heterocycles. The van der Waals surface area contributed by atoms with Gasteiger partial charge in [-0.1, -0.05) is 36.4 Å². The first-order chi connectivity index (χ1) is 14.3. The summed E-state index contributed by atoms with van der Waals surface area (Å²) in [5.74, 6) is -0.772. The van der Waals surface area contributed by atoms with E-state index in [-0.39, 0.29) is 29.8 Å². The van der Waals surface area contributed by atoms with Crippen LogP contribution < -0.4 is 9.62 Å². The summed E-state index contributed by atoms with van der Waals surface area (Å²) < 4.78 is 40.8. The van der Waals surface area contributed by atoms with E-state index in [1.807, 2.05) is 31.1 Å². The summed E-state index contributed by atoms with van der Waals surface area (Å²) in [4.78, 5) is 14.8. The van der Waals surface area contributed by atoms with Gasteiger partial charge in [0.2, 0.25) is 5.91 Å². The number of nitrogens with zero attached hydrogens (tertiary/aromatic N) is 2. The summed E-state index contributed by atoms with van der Waals surface area (Å²) in [5, 5.41) is 4.25. The smallest absolute Gasteiger partial charge is 0.265 e. The zero-order valence-electron chi connectivity index (χ0n) is 16.7. The summed E-state index contributed by atoms with van der Waals surface area (Å²) in [7, 11) is -0.119. The Hall–Kier alpha value is -2.97. The quantitative estimate of drug-likeness (QED) is 0.657. The number of hydrogen-bond acceptors (Lipinski definition) is 4. The number of amides is 1. The topological polar surface area (TPSA) is 69.7 Å². The lowest BCUT2D eigenvalue weighted by atomic mass is 10.1. The second kappa shape index (κ2) is 7.70. The number of hydrogen-bond donors (Lipinski definition) is 1. The van der Waals surface area contributed by atoms with E-state index in [0.29, 0.717) is 11.1 Å². The van der Waals surface area contributed by atoms with Crippen LogP contribution in [0.2, 0.25) is 0 Å². The fourth-order valence-electron chi connectivity index (χ4n) is 3.84. The SMILES string of the molecule is CN(C)C(CNC(=O)CN1c2cccc3cccc(c23)S1(=O)=O)c1cccc(F)c1. The Morgan fingerprint density at radius 2 is 1.80 bits per heavy atom. The highest BCUT2D eigenvalue weighted by Gasteiger charge is 2.36. The molecule has 8 heteroatoms. The molecule has 0 radical (unpaired) electrons. The van der Waals surface area contributed by atoms with E-state index >= 15 is 0 Å². The molecule has 0 spiro atoms. The number of nitrogens with one attached hydrogen (secondary N) is 1. The monoisotopic (exact) mass is 427 g/mol. The maximum atomic E-state index is 13.6. The summed E-state index contributed by atoms with van der Waals surface area (Å²) in [6.07, 6.45) is 0. The van der Waals surface area contributed by atoms with Crippen LogP contribution in [0.1, 0.15) is 11.6 Å². The Kier molecular flexibility index (Phi) is 5.21. The summed E-state index contributed by atoms with van der Waals surface area (Å²) >= 11 is 0. The Morgan fingerprint density at radius 3 is 2.50 bits per heavy atom. The third-order valence-corrected chi connectivity index (χ3v) is 7.12. The predicted octanol–water partition coefficient (Wildman–Crippen LogP) is 2.91. The first kappa shape index (κ1) is 20.3. The number of carbonyl (C=O) groups excluding carboxylic acids is 1. The van der Waals surface area contributed by atoms with Crippen LogP contribution in [0.25, 0.3) is 10.8 Å². The van der Waals surface area contributed by atoms with E-state index in [1.165, 1.54) is 12.1 Å². The van der Waals surface area contributed by atoms with Crippen molar-refractivity contribution in [1.29, 1.82) is 0 Å². The van der Waals surface area contributed by atoms with Crippen LogP contribution in [-0.4, -0.2) is 46.4 Å². The molecule has 3 aromatic carbocycles. The van der Waals surface area contributed by atoms with Crippen molar-refractivity contribution in [2.45, 2.75) is 10.9 Å². The van der Waals surface area contributed by atoms with E-state index < -0.39 is 15.9 Å². The number of sulfonamides is 1. The van der Waals surface area contributed by atoms with Crippen molar-refractivity contribution in [2.75, 3.05) is 31.5 Å². The van der Waals surface area contributed by atoms with Crippen molar-refractivity contribution in [3.05, 3.63) is 72.0 Å². The van der Waals surface area contributed by atoms with E-state index in [1.54, 1.807) is 36.4 Å². The van der Waals surface area contributed by atoms with Gasteiger partial charge in [0.05, 0.1) is 16.6 Å². The van der Waals surface area contributed by atoms with Gasteiger partial charge in [0.25, 0.3) is 10.0 Å². The molecular formula is C22H22FN3O3S. The van der Waals surface area contributed by atoms with Crippen LogP contribution in [0.3, 0.4) is 0 Å².